The number of hydrogen-bond acceptors (Lipinski definition) is 2. The van der Waals surface area contributed by atoms with E-state index in [0.29, 0.717) is 29.9 Å². The Hall–Kier alpha value is -2.71. The van der Waals surface area contributed by atoms with Crippen LogP contribution < -0.4 is 10.1 Å². The SMILES string of the molecule is O=C(NC1CCOc2ccccc21)c1cc(C(F)(F)F)cc(C(F)(F)F)c1. The molecule has 0 aromatic heterocycles. The van der Waals surface area contributed by atoms with Gasteiger partial charge >= 0.3 is 12.4 Å². The fourth-order valence-corrected chi connectivity index (χ4v) is 2.82. The number of halogens is 6. The minimum Gasteiger partial charge on any atom is -0.493 e. The van der Waals surface area contributed by atoms with E-state index >= 15 is 0 Å². The highest BCUT2D eigenvalue weighted by Gasteiger charge is 2.37. The summed E-state index contributed by atoms with van der Waals surface area (Å²) in [6.45, 7) is 0.262. The van der Waals surface area contributed by atoms with Crippen molar-refractivity contribution in [3.05, 3.63) is 64.7 Å². The number of rotatable bonds is 2. The minimum atomic E-state index is -5.01. The number of amides is 1. The van der Waals surface area contributed by atoms with Gasteiger partial charge in [0.05, 0.1) is 23.8 Å². The van der Waals surface area contributed by atoms with E-state index in [4.69, 9.17) is 4.74 Å². The summed E-state index contributed by atoms with van der Waals surface area (Å²) in [5.74, 6) is -0.512. The number of benzene rings is 2. The van der Waals surface area contributed by atoms with Crippen LogP contribution in [0.2, 0.25) is 0 Å². The summed E-state index contributed by atoms with van der Waals surface area (Å²) in [6, 6.07) is 6.98. The monoisotopic (exact) mass is 389 g/mol. The Bertz CT molecular complexity index is 827. The van der Waals surface area contributed by atoms with Gasteiger partial charge in [-0.3, -0.25) is 4.79 Å². The summed E-state index contributed by atoms with van der Waals surface area (Å²) < 4.78 is 83.1. The van der Waals surface area contributed by atoms with E-state index < -0.39 is 41.0 Å². The number of ether oxygens (including phenoxy) is 1. The first-order chi connectivity index (χ1) is 12.6. The molecule has 2 aromatic rings. The highest BCUT2D eigenvalue weighted by atomic mass is 19.4. The molecular weight excluding hydrogens is 376 g/mol. The molecule has 0 saturated carbocycles. The zero-order valence-electron chi connectivity index (χ0n) is 13.6. The first kappa shape index (κ1) is 19.1. The van der Waals surface area contributed by atoms with Crippen LogP contribution in [0.1, 0.15) is 39.5 Å². The molecule has 0 radical (unpaired) electrons. The van der Waals surface area contributed by atoms with Gasteiger partial charge in [0.25, 0.3) is 5.91 Å². The summed E-state index contributed by atoms with van der Waals surface area (Å²) >= 11 is 0. The van der Waals surface area contributed by atoms with Crippen molar-refractivity contribution in [2.75, 3.05) is 6.61 Å². The molecule has 3 nitrogen and oxygen atoms in total. The largest absolute Gasteiger partial charge is 0.493 e. The van der Waals surface area contributed by atoms with E-state index in [0.717, 1.165) is 0 Å². The van der Waals surface area contributed by atoms with E-state index in [-0.39, 0.29) is 12.7 Å². The van der Waals surface area contributed by atoms with Crippen LogP contribution in [0.5, 0.6) is 5.75 Å². The van der Waals surface area contributed by atoms with Gasteiger partial charge in [0.2, 0.25) is 0 Å². The van der Waals surface area contributed by atoms with Crippen LogP contribution >= 0.6 is 0 Å². The van der Waals surface area contributed by atoms with Crippen molar-refractivity contribution in [3.63, 3.8) is 0 Å². The quantitative estimate of drug-likeness (QED) is 0.736. The predicted octanol–water partition coefficient (Wildman–Crippen LogP) is 4.98. The number of para-hydroxylation sites is 1. The maximum Gasteiger partial charge on any atom is 0.416 e. The minimum absolute atomic E-state index is 0.0134. The van der Waals surface area contributed by atoms with Crippen molar-refractivity contribution in [1.29, 1.82) is 0 Å². The molecule has 1 unspecified atom stereocenters. The summed E-state index contributed by atoms with van der Waals surface area (Å²) in [7, 11) is 0. The number of hydrogen-bond donors (Lipinski definition) is 1. The molecule has 1 atom stereocenters. The maximum atomic E-state index is 12.9. The van der Waals surface area contributed by atoms with Crippen molar-refractivity contribution in [3.8, 4) is 5.75 Å². The number of carbonyl (C=O) groups excluding carboxylic acids is 1. The van der Waals surface area contributed by atoms with Crippen LogP contribution in [0.3, 0.4) is 0 Å². The maximum absolute atomic E-state index is 12.9. The molecule has 0 bridgehead atoms. The lowest BCUT2D eigenvalue weighted by Crippen LogP contribution is -2.32. The molecule has 3 rings (SSSR count). The van der Waals surface area contributed by atoms with Crippen molar-refractivity contribution < 1.29 is 35.9 Å². The molecule has 1 aliphatic heterocycles. The highest BCUT2D eigenvalue weighted by molar-refractivity contribution is 5.95. The van der Waals surface area contributed by atoms with Crippen molar-refractivity contribution in [2.24, 2.45) is 0 Å². The standard InChI is InChI=1S/C18H13F6NO2/c19-17(20,21)11-7-10(8-12(9-11)18(22,23)24)16(26)25-14-5-6-27-15-4-2-1-3-13(14)15/h1-4,7-9,14H,5-6H2,(H,25,26). The number of alkyl halides is 6. The van der Waals surface area contributed by atoms with Gasteiger partial charge < -0.3 is 10.1 Å². The fraction of sp³-hybridized carbons (Fsp3) is 0.278. The Balaban J connectivity index is 1.93. The zero-order valence-corrected chi connectivity index (χ0v) is 13.6. The topological polar surface area (TPSA) is 38.3 Å². The molecule has 144 valence electrons. The van der Waals surface area contributed by atoms with Crippen LogP contribution in [0.25, 0.3) is 0 Å². The van der Waals surface area contributed by atoms with E-state index in [1.54, 1.807) is 24.3 Å². The first-order valence-corrected chi connectivity index (χ1v) is 7.88. The van der Waals surface area contributed by atoms with E-state index in [1.165, 1.54) is 0 Å². The Kier molecular flexibility index (Phi) is 4.79. The summed E-state index contributed by atoms with van der Waals surface area (Å²) in [5, 5.41) is 2.50. The third-order valence-corrected chi connectivity index (χ3v) is 4.11. The molecule has 0 fully saturated rings. The van der Waals surface area contributed by atoms with Gasteiger partial charge in [-0.1, -0.05) is 18.2 Å². The van der Waals surface area contributed by atoms with Crippen molar-refractivity contribution >= 4 is 5.91 Å². The van der Waals surface area contributed by atoms with Crippen LogP contribution in [0, 0.1) is 0 Å². The predicted molar refractivity (Wildman–Crippen MR) is 83.2 cm³/mol. The molecule has 1 aliphatic rings. The average molecular weight is 389 g/mol. The van der Waals surface area contributed by atoms with Crippen LogP contribution in [0.4, 0.5) is 26.3 Å². The van der Waals surface area contributed by atoms with Crippen molar-refractivity contribution in [1.82, 2.24) is 5.32 Å². The van der Waals surface area contributed by atoms with Gasteiger partial charge in [-0.05, 0) is 24.3 Å². The molecule has 0 spiro atoms. The molecule has 9 heteroatoms. The molecule has 1 amide bonds. The average Bonchev–Trinajstić information content (AvgIpc) is 2.60. The molecule has 27 heavy (non-hydrogen) atoms. The van der Waals surface area contributed by atoms with Gasteiger partial charge in [0.1, 0.15) is 5.75 Å². The van der Waals surface area contributed by atoms with Crippen LogP contribution in [-0.2, 0) is 12.4 Å². The second-order valence-electron chi connectivity index (χ2n) is 6.00. The molecule has 1 heterocycles. The number of fused-ring (bicyclic) bond motifs is 1. The van der Waals surface area contributed by atoms with Gasteiger partial charge in [-0.15, -0.1) is 0 Å². The van der Waals surface area contributed by atoms with Gasteiger partial charge in [-0.2, -0.15) is 26.3 Å². The van der Waals surface area contributed by atoms with Crippen LogP contribution in [-0.4, -0.2) is 12.5 Å². The molecular formula is C18H13F6NO2. The fourth-order valence-electron chi connectivity index (χ4n) is 2.82. The first-order valence-electron chi connectivity index (χ1n) is 7.88. The molecule has 1 N–H and O–H groups in total. The van der Waals surface area contributed by atoms with Crippen molar-refractivity contribution in [2.45, 2.75) is 24.8 Å². The Morgan fingerprint density at radius 2 is 1.56 bits per heavy atom. The summed E-state index contributed by atoms with van der Waals surface area (Å²) in [5.41, 5.74) is -3.16. The Morgan fingerprint density at radius 1 is 0.963 bits per heavy atom. The third-order valence-electron chi connectivity index (χ3n) is 4.11. The smallest absolute Gasteiger partial charge is 0.416 e. The molecule has 2 aromatic carbocycles. The Labute approximate surface area is 149 Å². The Morgan fingerprint density at radius 3 is 2.15 bits per heavy atom. The van der Waals surface area contributed by atoms with Gasteiger partial charge in [0.15, 0.2) is 0 Å². The lowest BCUT2D eigenvalue weighted by atomic mass is 9.99. The lowest BCUT2D eigenvalue weighted by Gasteiger charge is -2.26. The van der Waals surface area contributed by atoms with E-state index in [1.807, 2.05) is 0 Å². The highest BCUT2D eigenvalue weighted by Crippen LogP contribution is 2.37. The zero-order chi connectivity index (χ0) is 19.8. The second kappa shape index (κ2) is 6.79. The number of nitrogens with one attached hydrogen (secondary N) is 1. The summed E-state index contributed by atoms with van der Waals surface area (Å²) in [4.78, 5) is 12.4. The van der Waals surface area contributed by atoms with E-state index in [9.17, 15) is 31.1 Å². The van der Waals surface area contributed by atoms with E-state index in [2.05, 4.69) is 5.32 Å². The second-order valence-corrected chi connectivity index (χ2v) is 6.00. The van der Waals surface area contributed by atoms with Crippen LogP contribution in [0.15, 0.2) is 42.5 Å². The lowest BCUT2D eigenvalue weighted by molar-refractivity contribution is -0.143. The van der Waals surface area contributed by atoms with Gasteiger partial charge in [-0.25, -0.2) is 0 Å². The molecule has 0 saturated heterocycles. The normalized spacial score (nSPS) is 17.0. The molecule has 0 aliphatic carbocycles. The van der Waals surface area contributed by atoms with Gasteiger partial charge in [0, 0.05) is 17.5 Å². The summed E-state index contributed by atoms with van der Waals surface area (Å²) in [6.07, 6.45) is -9.68. The number of carbonyl (C=O) groups is 1. The third kappa shape index (κ3) is 4.17.